The molecular formula is C28H35Cl2N5O7S. The SMILES string of the molecule is COc1cc(OC)c(Cl)c(-c2cc3cnc(S(C)(=O)=O)nc3n(CCCN3CCN(C(=O)O)C(C(C)(C)C)C3)c2=O)c1Cl. The zero-order chi connectivity index (χ0) is 31.9. The quantitative estimate of drug-likeness (QED) is 0.349. The zero-order valence-electron chi connectivity index (χ0n) is 24.8. The van der Waals surface area contributed by atoms with E-state index in [1.807, 2.05) is 20.8 Å². The Morgan fingerprint density at radius 1 is 1.09 bits per heavy atom. The van der Waals surface area contributed by atoms with Crippen molar-refractivity contribution in [2.24, 2.45) is 5.41 Å². The van der Waals surface area contributed by atoms with Crippen molar-refractivity contribution in [1.82, 2.24) is 24.3 Å². The fourth-order valence-electron chi connectivity index (χ4n) is 5.30. The highest BCUT2D eigenvalue weighted by molar-refractivity contribution is 7.90. The Labute approximate surface area is 260 Å². The Kier molecular flexibility index (Phi) is 9.50. The van der Waals surface area contributed by atoms with Crippen LogP contribution in [0.3, 0.4) is 0 Å². The molecule has 0 saturated carbocycles. The first-order valence-corrected chi connectivity index (χ1v) is 16.2. The number of piperazine rings is 1. The van der Waals surface area contributed by atoms with Gasteiger partial charge < -0.3 is 19.5 Å². The van der Waals surface area contributed by atoms with Gasteiger partial charge in [0, 0.05) is 55.6 Å². The normalized spacial score (nSPS) is 16.5. The van der Waals surface area contributed by atoms with Crippen molar-refractivity contribution in [2.75, 3.05) is 46.7 Å². The number of amides is 1. The first kappa shape index (κ1) is 32.8. The lowest BCUT2D eigenvalue weighted by Gasteiger charge is -2.46. The van der Waals surface area contributed by atoms with Crippen molar-refractivity contribution in [3.8, 4) is 22.6 Å². The Morgan fingerprint density at radius 3 is 2.26 bits per heavy atom. The number of benzene rings is 1. The van der Waals surface area contributed by atoms with E-state index in [9.17, 15) is 23.1 Å². The number of hydrogen-bond acceptors (Lipinski definition) is 9. The zero-order valence-corrected chi connectivity index (χ0v) is 27.2. The van der Waals surface area contributed by atoms with E-state index in [-0.39, 0.29) is 56.3 Å². The standard InChI is InChI=1S/C28H35Cl2N5O7S/c1-28(2,3)20-15-33(10-11-34(20)27(37)38)8-7-9-35-24-16(14-31-26(32-24)43(6,39)40)12-17(25(35)36)21-22(29)18(41-4)13-19(42-5)23(21)30/h12-14,20H,7-11,15H2,1-6H3,(H,37,38). The Bertz CT molecular complexity index is 1700. The molecule has 1 saturated heterocycles. The van der Waals surface area contributed by atoms with Crippen LogP contribution in [-0.2, 0) is 16.4 Å². The van der Waals surface area contributed by atoms with Crippen molar-refractivity contribution in [1.29, 1.82) is 0 Å². The van der Waals surface area contributed by atoms with Gasteiger partial charge in [-0.1, -0.05) is 44.0 Å². The van der Waals surface area contributed by atoms with Crippen molar-refractivity contribution in [2.45, 2.75) is 44.9 Å². The molecule has 0 bridgehead atoms. The lowest BCUT2D eigenvalue weighted by atomic mass is 9.84. The maximum Gasteiger partial charge on any atom is 0.407 e. The molecule has 3 heterocycles. The molecule has 1 aromatic carbocycles. The van der Waals surface area contributed by atoms with E-state index < -0.39 is 26.6 Å². The summed E-state index contributed by atoms with van der Waals surface area (Å²) in [5, 5.41) is 9.91. The predicted molar refractivity (Wildman–Crippen MR) is 164 cm³/mol. The molecule has 3 aromatic rings. The summed E-state index contributed by atoms with van der Waals surface area (Å²) in [5.74, 6) is 0.503. The van der Waals surface area contributed by atoms with Gasteiger partial charge in [-0.2, -0.15) is 4.98 Å². The molecule has 1 N–H and O–H groups in total. The highest BCUT2D eigenvalue weighted by Gasteiger charge is 2.37. The number of aryl methyl sites for hydroxylation is 1. The summed E-state index contributed by atoms with van der Waals surface area (Å²) in [4.78, 5) is 37.9. The maximum absolute atomic E-state index is 14.1. The summed E-state index contributed by atoms with van der Waals surface area (Å²) in [7, 11) is -0.904. The van der Waals surface area contributed by atoms with Gasteiger partial charge in [0.05, 0.1) is 35.9 Å². The number of sulfone groups is 1. The van der Waals surface area contributed by atoms with Crippen LogP contribution in [0.25, 0.3) is 22.2 Å². The van der Waals surface area contributed by atoms with Gasteiger partial charge in [-0.15, -0.1) is 0 Å². The van der Waals surface area contributed by atoms with E-state index >= 15 is 0 Å². The number of carbonyl (C=O) groups is 1. The summed E-state index contributed by atoms with van der Waals surface area (Å²) in [5.41, 5.74) is -0.278. The molecule has 0 radical (unpaired) electrons. The number of ether oxygens (including phenoxy) is 2. The Hall–Kier alpha value is -3.13. The number of pyridine rings is 1. The second kappa shape index (κ2) is 12.5. The number of nitrogens with zero attached hydrogens (tertiary/aromatic N) is 5. The van der Waals surface area contributed by atoms with Crippen LogP contribution in [0.1, 0.15) is 27.2 Å². The van der Waals surface area contributed by atoms with E-state index in [0.717, 1.165) is 6.26 Å². The van der Waals surface area contributed by atoms with Gasteiger partial charge in [-0.25, -0.2) is 18.2 Å². The molecule has 4 rings (SSSR count). The third-order valence-electron chi connectivity index (χ3n) is 7.55. The molecule has 2 aromatic heterocycles. The first-order chi connectivity index (χ1) is 20.1. The third-order valence-corrected chi connectivity index (χ3v) is 9.16. The fraction of sp³-hybridized carbons (Fsp3) is 0.500. The van der Waals surface area contributed by atoms with Crippen LogP contribution < -0.4 is 15.0 Å². The smallest absolute Gasteiger partial charge is 0.407 e. The molecule has 1 aliphatic heterocycles. The Balaban J connectivity index is 1.77. The van der Waals surface area contributed by atoms with Crippen LogP contribution in [0.15, 0.2) is 28.3 Å². The molecule has 43 heavy (non-hydrogen) atoms. The van der Waals surface area contributed by atoms with Crippen molar-refractivity contribution in [3.05, 3.63) is 38.7 Å². The van der Waals surface area contributed by atoms with Crippen LogP contribution >= 0.6 is 23.2 Å². The second-order valence-corrected chi connectivity index (χ2v) is 14.2. The molecule has 1 atom stereocenters. The average Bonchev–Trinajstić information content (AvgIpc) is 2.93. The van der Waals surface area contributed by atoms with Crippen molar-refractivity contribution >= 4 is 50.2 Å². The predicted octanol–water partition coefficient (Wildman–Crippen LogP) is 4.29. The minimum absolute atomic E-state index is 0.106. The molecule has 15 heteroatoms. The average molecular weight is 657 g/mol. The number of hydrogen-bond donors (Lipinski definition) is 1. The summed E-state index contributed by atoms with van der Waals surface area (Å²) in [6, 6.07) is 2.83. The highest BCUT2D eigenvalue weighted by Crippen LogP contribution is 2.45. The largest absolute Gasteiger partial charge is 0.495 e. The molecule has 1 unspecified atom stereocenters. The van der Waals surface area contributed by atoms with Crippen molar-refractivity contribution in [3.63, 3.8) is 0 Å². The van der Waals surface area contributed by atoms with Gasteiger partial charge in [0.1, 0.15) is 17.1 Å². The molecule has 0 spiro atoms. The van der Waals surface area contributed by atoms with Crippen LogP contribution in [0.4, 0.5) is 4.79 Å². The number of carboxylic acid groups (broad SMARTS) is 1. The summed E-state index contributed by atoms with van der Waals surface area (Å²) in [6.07, 6.45) is 1.89. The van der Waals surface area contributed by atoms with E-state index in [2.05, 4.69) is 14.9 Å². The molecule has 1 aliphatic rings. The van der Waals surface area contributed by atoms with Gasteiger partial charge in [0.25, 0.3) is 5.56 Å². The number of methoxy groups -OCH3 is 2. The van der Waals surface area contributed by atoms with Gasteiger partial charge >= 0.3 is 6.09 Å². The van der Waals surface area contributed by atoms with Crippen LogP contribution in [0.5, 0.6) is 11.5 Å². The molecule has 0 aliphatic carbocycles. The van der Waals surface area contributed by atoms with Gasteiger partial charge in [-0.05, 0) is 24.4 Å². The summed E-state index contributed by atoms with van der Waals surface area (Å²) < 4.78 is 36.7. The Morgan fingerprint density at radius 2 is 1.72 bits per heavy atom. The number of fused-ring (bicyclic) bond motifs is 1. The van der Waals surface area contributed by atoms with Crippen LogP contribution in [0, 0.1) is 5.41 Å². The van der Waals surface area contributed by atoms with E-state index in [0.29, 0.717) is 38.0 Å². The highest BCUT2D eigenvalue weighted by atomic mass is 35.5. The minimum atomic E-state index is -3.76. The van der Waals surface area contributed by atoms with Crippen LogP contribution in [-0.4, -0.2) is 96.6 Å². The van der Waals surface area contributed by atoms with Gasteiger partial charge in [0.2, 0.25) is 15.0 Å². The van der Waals surface area contributed by atoms with Gasteiger partial charge in [-0.3, -0.25) is 14.3 Å². The van der Waals surface area contributed by atoms with E-state index in [1.54, 1.807) is 0 Å². The van der Waals surface area contributed by atoms with Crippen molar-refractivity contribution < 1.29 is 27.8 Å². The van der Waals surface area contributed by atoms with E-state index in [4.69, 9.17) is 32.7 Å². The minimum Gasteiger partial charge on any atom is -0.495 e. The second-order valence-electron chi connectivity index (χ2n) is 11.5. The van der Waals surface area contributed by atoms with Gasteiger partial charge in [0.15, 0.2) is 0 Å². The first-order valence-electron chi connectivity index (χ1n) is 13.5. The summed E-state index contributed by atoms with van der Waals surface area (Å²) >= 11 is 13.3. The molecular weight excluding hydrogens is 621 g/mol. The lowest BCUT2D eigenvalue weighted by molar-refractivity contribution is 0.0211. The molecule has 1 amide bonds. The third kappa shape index (κ3) is 6.69. The molecule has 12 nitrogen and oxygen atoms in total. The van der Waals surface area contributed by atoms with E-state index in [1.165, 1.54) is 42.0 Å². The topological polar surface area (TPSA) is 144 Å². The number of aromatic nitrogens is 3. The lowest BCUT2D eigenvalue weighted by Crippen LogP contribution is -2.59. The monoisotopic (exact) mass is 655 g/mol. The summed E-state index contributed by atoms with van der Waals surface area (Å²) in [6.45, 7) is 8.24. The maximum atomic E-state index is 14.1. The van der Waals surface area contributed by atoms with Crippen LogP contribution in [0.2, 0.25) is 10.0 Å². The molecule has 1 fully saturated rings. The number of rotatable bonds is 8. The number of halogens is 2. The molecule has 234 valence electrons. The fourth-order valence-corrected chi connectivity index (χ4v) is 6.50.